The van der Waals surface area contributed by atoms with E-state index in [0.717, 1.165) is 23.8 Å². The molecular weight excluding hydrogens is 282 g/mol. The molecule has 21 heavy (non-hydrogen) atoms. The standard InChI is InChI=1S/C17H24ClN3/c1-12(2)9-19-10-14-11-20-21(17(14)13(3)4)16-8-6-5-7-15(16)18/h5-8,11-13,19H,9-10H2,1-4H3. The van der Waals surface area contributed by atoms with Crippen LogP contribution in [0.5, 0.6) is 0 Å². The summed E-state index contributed by atoms with van der Waals surface area (Å²) in [4.78, 5) is 0. The lowest BCUT2D eigenvalue weighted by molar-refractivity contribution is 0.549. The van der Waals surface area contributed by atoms with Gasteiger partial charge in [0.1, 0.15) is 0 Å². The summed E-state index contributed by atoms with van der Waals surface area (Å²) in [6.07, 6.45) is 1.95. The van der Waals surface area contributed by atoms with Crippen LogP contribution in [0.15, 0.2) is 30.5 Å². The maximum atomic E-state index is 6.31. The molecule has 0 aliphatic rings. The van der Waals surface area contributed by atoms with E-state index in [2.05, 4.69) is 38.1 Å². The van der Waals surface area contributed by atoms with Crippen LogP contribution in [0.2, 0.25) is 5.02 Å². The fraction of sp³-hybridized carbons (Fsp3) is 0.471. The number of nitrogens with zero attached hydrogens (tertiary/aromatic N) is 2. The van der Waals surface area contributed by atoms with Gasteiger partial charge in [-0.3, -0.25) is 0 Å². The van der Waals surface area contributed by atoms with Crippen LogP contribution in [-0.2, 0) is 6.54 Å². The van der Waals surface area contributed by atoms with Crippen LogP contribution in [0, 0.1) is 5.92 Å². The van der Waals surface area contributed by atoms with E-state index in [0.29, 0.717) is 11.8 Å². The van der Waals surface area contributed by atoms with Gasteiger partial charge >= 0.3 is 0 Å². The summed E-state index contributed by atoms with van der Waals surface area (Å²) in [7, 11) is 0. The SMILES string of the molecule is CC(C)CNCc1cnn(-c2ccccc2Cl)c1C(C)C. The van der Waals surface area contributed by atoms with E-state index >= 15 is 0 Å². The predicted molar refractivity (Wildman–Crippen MR) is 89.2 cm³/mol. The topological polar surface area (TPSA) is 29.9 Å². The molecule has 0 bridgehead atoms. The third kappa shape index (κ3) is 3.86. The Labute approximate surface area is 132 Å². The summed E-state index contributed by atoms with van der Waals surface area (Å²) < 4.78 is 1.97. The van der Waals surface area contributed by atoms with Gasteiger partial charge in [-0.25, -0.2) is 4.68 Å². The van der Waals surface area contributed by atoms with Crippen LogP contribution in [0.1, 0.15) is 44.9 Å². The van der Waals surface area contributed by atoms with E-state index < -0.39 is 0 Å². The number of benzene rings is 1. The summed E-state index contributed by atoms with van der Waals surface area (Å²) >= 11 is 6.31. The fourth-order valence-corrected chi connectivity index (χ4v) is 2.67. The highest BCUT2D eigenvalue weighted by molar-refractivity contribution is 6.32. The summed E-state index contributed by atoms with van der Waals surface area (Å²) in [5.74, 6) is 1.03. The van der Waals surface area contributed by atoms with Crippen LogP contribution in [0.3, 0.4) is 0 Å². The Morgan fingerprint density at radius 1 is 1.19 bits per heavy atom. The Bertz CT molecular complexity index is 587. The van der Waals surface area contributed by atoms with Gasteiger partial charge < -0.3 is 5.32 Å². The van der Waals surface area contributed by atoms with Crippen LogP contribution in [0.25, 0.3) is 5.69 Å². The van der Waals surface area contributed by atoms with Gasteiger partial charge in [-0.1, -0.05) is 51.4 Å². The van der Waals surface area contributed by atoms with Gasteiger partial charge in [0.25, 0.3) is 0 Å². The molecule has 114 valence electrons. The maximum Gasteiger partial charge on any atom is 0.0835 e. The van der Waals surface area contributed by atoms with Crippen LogP contribution in [0.4, 0.5) is 0 Å². The van der Waals surface area contributed by atoms with Crippen molar-refractivity contribution in [1.82, 2.24) is 15.1 Å². The van der Waals surface area contributed by atoms with Gasteiger partial charge in [-0.15, -0.1) is 0 Å². The zero-order chi connectivity index (χ0) is 15.4. The molecule has 0 saturated heterocycles. The first-order valence-electron chi connectivity index (χ1n) is 7.53. The second kappa shape index (κ2) is 7.10. The van der Waals surface area contributed by atoms with E-state index in [1.165, 1.54) is 11.3 Å². The molecule has 0 spiro atoms. The molecule has 4 heteroatoms. The Kier molecular flexibility index (Phi) is 5.43. The van der Waals surface area contributed by atoms with Gasteiger partial charge in [-0.05, 0) is 30.5 Å². The van der Waals surface area contributed by atoms with Crippen molar-refractivity contribution in [3.05, 3.63) is 46.7 Å². The van der Waals surface area contributed by atoms with Crippen molar-refractivity contribution < 1.29 is 0 Å². The first-order chi connectivity index (χ1) is 10.0. The highest BCUT2D eigenvalue weighted by atomic mass is 35.5. The molecule has 2 rings (SSSR count). The average molecular weight is 306 g/mol. The zero-order valence-corrected chi connectivity index (χ0v) is 14.0. The smallest absolute Gasteiger partial charge is 0.0835 e. The zero-order valence-electron chi connectivity index (χ0n) is 13.2. The van der Waals surface area contributed by atoms with Crippen molar-refractivity contribution >= 4 is 11.6 Å². The van der Waals surface area contributed by atoms with Crippen LogP contribution in [-0.4, -0.2) is 16.3 Å². The number of hydrogen-bond donors (Lipinski definition) is 1. The molecule has 1 aromatic carbocycles. The molecule has 3 nitrogen and oxygen atoms in total. The highest BCUT2D eigenvalue weighted by Crippen LogP contribution is 2.26. The van der Waals surface area contributed by atoms with Gasteiger partial charge in [0.2, 0.25) is 0 Å². The lowest BCUT2D eigenvalue weighted by atomic mass is 10.1. The molecule has 0 amide bonds. The second-order valence-corrected chi connectivity index (χ2v) is 6.50. The third-order valence-corrected chi connectivity index (χ3v) is 3.70. The van der Waals surface area contributed by atoms with E-state index in [-0.39, 0.29) is 0 Å². The van der Waals surface area contributed by atoms with Gasteiger partial charge in [0, 0.05) is 12.1 Å². The molecular formula is C17H24ClN3. The van der Waals surface area contributed by atoms with E-state index in [9.17, 15) is 0 Å². The molecule has 0 aliphatic heterocycles. The highest BCUT2D eigenvalue weighted by Gasteiger charge is 2.16. The monoisotopic (exact) mass is 305 g/mol. The lowest BCUT2D eigenvalue weighted by Crippen LogP contribution is -2.20. The fourth-order valence-electron chi connectivity index (χ4n) is 2.45. The molecule has 0 radical (unpaired) electrons. The van der Waals surface area contributed by atoms with Crippen molar-refractivity contribution in [3.63, 3.8) is 0 Å². The van der Waals surface area contributed by atoms with Crippen molar-refractivity contribution in [2.45, 2.75) is 40.2 Å². The maximum absolute atomic E-state index is 6.31. The summed E-state index contributed by atoms with van der Waals surface area (Å²) in [6.45, 7) is 10.7. The molecule has 1 N–H and O–H groups in total. The van der Waals surface area contributed by atoms with E-state index in [4.69, 9.17) is 11.6 Å². The molecule has 2 aromatic rings. The van der Waals surface area contributed by atoms with Crippen LogP contribution >= 0.6 is 11.6 Å². The van der Waals surface area contributed by atoms with E-state index in [1.807, 2.05) is 35.1 Å². The van der Waals surface area contributed by atoms with Crippen LogP contribution < -0.4 is 5.32 Å². The Balaban J connectivity index is 2.31. The Morgan fingerprint density at radius 3 is 2.52 bits per heavy atom. The molecule has 0 unspecified atom stereocenters. The number of halogens is 1. The number of hydrogen-bond acceptors (Lipinski definition) is 2. The molecule has 1 aromatic heterocycles. The summed E-state index contributed by atoms with van der Waals surface area (Å²) in [5, 5.41) is 8.77. The van der Waals surface area contributed by atoms with E-state index in [1.54, 1.807) is 0 Å². The summed E-state index contributed by atoms with van der Waals surface area (Å²) in [6, 6.07) is 7.84. The number of nitrogens with one attached hydrogen (secondary N) is 1. The molecule has 0 aliphatic carbocycles. The first kappa shape index (κ1) is 16.1. The van der Waals surface area contributed by atoms with Gasteiger partial charge in [0.15, 0.2) is 0 Å². The largest absolute Gasteiger partial charge is 0.312 e. The summed E-state index contributed by atoms with van der Waals surface area (Å²) in [5.41, 5.74) is 3.41. The van der Waals surface area contributed by atoms with Gasteiger partial charge in [0.05, 0.1) is 22.6 Å². The second-order valence-electron chi connectivity index (χ2n) is 6.10. The van der Waals surface area contributed by atoms with Crippen molar-refractivity contribution in [3.8, 4) is 5.69 Å². The first-order valence-corrected chi connectivity index (χ1v) is 7.91. The number of para-hydroxylation sites is 1. The molecule has 0 saturated carbocycles. The molecule has 0 atom stereocenters. The minimum Gasteiger partial charge on any atom is -0.312 e. The quantitative estimate of drug-likeness (QED) is 0.857. The number of rotatable bonds is 6. The lowest BCUT2D eigenvalue weighted by Gasteiger charge is -2.14. The average Bonchev–Trinajstić information content (AvgIpc) is 2.82. The third-order valence-electron chi connectivity index (χ3n) is 3.38. The van der Waals surface area contributed by atoms with Crippen molar-refractivity contribution in [1.29, 1.82) is 0 Å². The minimum atomic E-state index is 0.389. The van der Waals surface area contributed by atoms with Crippen molar-refractivity contribution in [2.75, 3.05) is 6.54 Å². The predicted octanol–water partition coefficient (Wildman–Crippen LogP) is 4.39. The molecule has 1 heterocycles. The number of aromatic nitrogens is 2. The molecule has 0 fully saturated rings. The Hall–Kier alpha value is -1.32. The van der Waals surface area contributed by atoms with Crippen molar-refractivity contribution in [2.24, 2.45) is 5.92 Å². The minimum absolute atomic E-state index is 0.389. The normalized spacial score (nSPS) is 11.6. The Morgan fingerprint density at radius 2 is 1.90 bits per heavy atom. The van der Waals surface area contributed by atoms with Gasteiger partial charge in [-0.2, -0.15) is 5.10 Å².